The molecule has 1 unspecified atom stereocenters. The van der Waals surface area contributed by atoms with Gasteiger partial charge in [-0.2, -0.15) is 0 Å². The van der Waals surface area contributed by atoms with Gasteiger partial charge in [0, 0.05) is 6.42 Å². The molecule has 5 amide bonds. The number of allylic oxidation sites excluding steroid dienone is 1. The van der Waals surface area contributed by atoms with Crippen LogP contribution >= 0.6 is 0 Å². The monoisotopic (exact) mass is 723 g/mol. The van der Waals surface area contributed by atoms with Gasteiger partial charge in [0.1, 0.15) is 36.3 Å². The maximum atomic E-state index is 13.8. The summed E-state index contributed by atoms with van der Waals surface area (Å²) in [6.07, 6.45) is 7.45. The smallest absolute Gasteiger partial charge is 0.329 e. The van der Waals surface area contributed by atoms with Crippen molar-refractivity contribution in [1.29, 1.82) is 0 Å². The number of hydrogen-bond donors (Lipinski definition) is 7. The third-order valence-electron chi connectivity index (χ3n) is 8.83. The predicted octanol–water partition coefficient (Wildman–Crippen LogP) is 2.15. The molecule has 292 valence electrons. The number of unbranched alkanes of at least 4 members (excludes halogenated alkanes) is 4. The van der Waals surface area contributed by atoms with Crippen LogP contribution in [0.25, 0.3) is 0 Å². The minimum absolute atomic E-state index is 0.0599. The maximum Gasteiger partial charge on any atom is 0.329 e. The van der Waals surface area contributed by atoms with Crippen LogP contribution in [0.4, 0.5) is 0 Å². The molecule has 0 spiro atoms. The highest BCUT2D eigenvalue weighted by molar-refractivity contribution is 5.96. The van der Waals surface area contributed by atoms with Gasteiger partial charge in [0.25, 0.3) is 0 Å². The second-order valence-corrected chi connectivity index (χ2v) is 14.6. The first-order valence-electron chi connectivity index (χ1n) is 18.7. The number of esters is 1. The van der Waals surface area contributed by atoms with Gasteiger partial charge in [0.15, 0.2) is 0 Å². The fraction of sp³-hybridized carbons (Fsp3) is 0.784. The molecule has 1 aliphatic heterocycles. The SMILES string of the molecule is CCCCCC/C=C\CC1CC(=O)N[C@H](CC(C)C)C(=O)N[C@@H](CO)C(=O)N[C@@H]([C@@H](C)O)C(=O)N[C@H](CC(C)C)C(=O)N[C@@H]([C@@H](C)CC)C(=O)O1. The molecule has 14 heteroatoms. The van der Waals surface area contributed by atoms with Gasteiger partial charge in [-0.1, -0.05) is 86.3 Å². The number of hydrogen-bond acceptors (Lipinski definition) is 9. The van der Waals surface area contributed by atoms with Gasteiger partial charge in [-0.05, 0) is 50.4 Å². The average Bonchev–Trinajstić information content (AvgIpc) is 3.05. The Labute approximate surface area is 304 Å². The van der Waals surface area contributed by atoms with E-state index in [1.165, 1.54) is 6.92 Å². The second kappa shape index (κ2) is 23.9. The summed E-state index contributed by atoms with van der Waals surface area (Å²) in [6, 6.07) is -6.46. The highest BCUT2D eigenvalue weighted by Crippen LogP contribution is 2.17. The van der Waals surface area contributed by atoms with E-state index in [9.17, 15) is 39.0 Å². The van der Waals surface area contributed by atoms with E-state index in [0.29, 0.717) is 6.42 Å². The number of carbonyl (C=O) groups excluding carboxylic acids is 6. The fourth-order valence-electron chi connectivity index (χ4n) is 5.64. The van der Waals surface area contributed by atoms with Crippen molar-refractivity contribution in [3.8, 4) is 0 Å². The number of amides is 5. The summed E-state index contributed by atoms with van der Waals surface area (Å²) in [5.41, 5.74) is 0. The van der Waals surface area contributed by atoms with Crippen molar-refractivity contribution in [1.82, 2.24) is 26.6 Å². The van der Waals surface area contributed by atoms with Crippen LogP contribution in [0.5, 0.6) is 0 Å². The number of carbonyl (C=O) groups is 6. The van der Waals surface area contributed by atoms with Gasteiger partial charge >= 0.3 is 5.97 Å². The van der Waals surface area contributed by atoms with E-state index in [1.807, 2.05) is 46.8 Å². The highest BCUT2D eigenvalue weighted by Gasteiger charge is 2.36. The summed E-state index contributed by atoms with van der Waals surface area (Å²) in [4.78, 5) is 81.1. The molecule has 0 aromatic rings. The maximum absolute atomic E-state index is 13.8. The quantitative estimate of drug-likeness (QED) is 0.0749. The Hall–Kier alpha value is -3.52. The van der Waals surface area contributed by atoms with Gasteiger partial charge in [-0.15, -0.1) is 0 Å². The van der Waals surface area contributed by atoms with Gasteiger partial charge < -0.3 is 41.5 Å². The second-order valence-electron chi connectivity index (χ2n) is 14.6. The predicted molar refractivity (Wildman–Crippen MR) is 194 cm³/mol. The van der Waals surface area contributed by atoms with E-state index in [0.717, 1.165) is 32.1 Å². The molecule has 8 atom stereocenters. The number of rotatable bonds is 15. The number of aliphatic hydroxyl groups excluding tert-OH is 2. The van der Waals surface area contributed by atoms with Gasteiger partial charge in [-0.25, -0.2) is 4.79 Å². The van der Waals surface area contributed by atoms with E-state index < -0.39 is 84.5 Å². The van der Waals surface area contributed by atoms with Crippen molar-refractivity contribution in [2.75, 3.05) is 6.61 Å². The van der Waals surface area contributed by atoms with Crippen LogP contribution in [0.1, 0.15) is 120 Å². The molecular weight excluding hydrogens is 658 g/mol. The van der Waals surface area contributed by atoms with Gasteiger partial charge in [0.05, 0.1) is 19.1 Å². The van der Waals surface area contributed by atoms with E-state index in [1.54, 1.807) is 6.92 Å². The Morgan fingerprint density at radius 3 is 1.80 bits per heavy atom. The van der Waals surface area contributed by atoms with Crippen molar-refractivity contribution in [2.24, 2.45) is 17.8 Å². The Bertz CT molecular complexity index is 1160. The molecule has 0 aromatic heterocycles. The molecule has 0 aromatic carbocycles. The van der Waals surface area contributed by atoms with Crippen molar-refractivity contribution >= 4 is 35.5 Å². The van der Waals surface area contributed by atoms with Crippen LogP contribution in [-0.4, -0.2) is 94.7 Å². The van der Waals surface area contributed by atoms with E-state index in [4.69, 9.17) is 4.74 Å². The minimum atomic E-state index is -1.56. The fourth-order valence-corrected chi connectivity index (χ4v) is 5.64. The number of ether oxygens (including phenoxy) is 1. The molecule has 1 rings (SSSR count). The lowest BCUT2D eigenvalue weighted by Gasteiger charge is -2.29. The zero-order valence-corrected chi connectivity index (χ0v) is 32.0. The Morgan fingerprint density at radius 1 is 0.706 bits per heavy atom. The van der Waals surface area contributed by atoms with E-state index in [2.05, 4.69) is 33.5 Å². The Kier molecular flexibility index (Phi) is 21.3. The third kappa shape index (κ3) is 17.0. The standard InChI is InChI=1S/C37H65N5O9/c1-9-11-12-13-14-15-16-17-26-20-30(45)38-27(18-22(3)4)33(46)40-29(21-43)35(48)42-32(25(8)44)36(49)39-28(19-23(5)6)34(47)41-31(24(7)10-2)37(50)51-26/h15-16,22-29,31-32,43-44H,9-14,17-21H2,1-8H3,(H,38,45)(H,39,49)(H,40,46)(H,41,47)(H,42,48)/b16-15-/t24-,25+,26?,27+,28+,29-,31-,32-/m0/s1. The molecule has 0 saturated carbocycles. The number of aliphatic hydroxyl groups is 2. The first kappa shape index (κ1) is 45.5. The highest BCUT2D eigenvalue weighted by atomic mass is 16.5. The zero-order chi connectivity index (χ0) is 38.7. The molecule has 0 bridgehead atoms. The molecule has 0 radical (unpaired) electrons. The Morgan fingerprint density at radius 2 is 1.25 bits per heavy atom. The molecule has 1 fully saturated rings. The summed E-state index contributed by atoms with van der Waals surface area (Å²) in [5, 5.41) is 33.4. The average molecular weight is 724 g/mol. The van der Waals surface area contributed by atoms with E-state index >= 15 is 0 Å². The first-order valence-corrected chi connectivity index (χ1v) is 18.7. The topological polar surface area (TPSA) is 212 Å². The summed E-state index contributed by atoms with van der Waals surface area (Å²) in [5.74, 6) is -5.08. The van der Waals surface area contributed by atoms with E-state index in [-0.39, 0.29) is 43.4 Å². The van der Waals surface area contributed by atoms with Crippen molar-refractivity contribution in [3.63, 3.8) is 0 Å². The van der Waals surface area contributed by atoms with Crippen LogP contribution in [0.3, 0.4) is 0 Å². The lowest BCUT2D eigenvalue weighted by atomic mass is 9.97. The van der Waals surface area contributed by atoms with Crippen molar-refractivity contribution in [3.05, 3.63) is 12.2 Å². The first-order chi connectivity index (χ1) is 24.0. The third-order valence-corrected chi connectivity index (χ3v) is 8.83. The summed E-state index contributed by atoms with van der Waals surface area (Å²) in [7, 11) is 0. The lowest BCUT2D eigenvalue weighted by Crippen LogP contribution is -2.62. The van der Waals surface area contributed by atoms with Crippen molar-refractivity contribution in [2.45, 2.75) is 162 Å². The number of nitrogens with one attached hydrogen (secondary N) is 5. The van der Waals surface area contributed by atoms with Crippen LogP contribution in [0.15, 0.2) is 12.2 Å². The molecular formula is C37H65N5O9. The van der Waals surface area contributed by atoms with Gasteiger partial charge in [0.2, 0.25) is 29.5 Å². The van der Waals surface area contributed by atoms with Crippen LogP contribution in [-0.2, 0) is 33.5 Å². The molecule has 1 saturated heterocycles. The largest absolute Gasteiger partial charge is 0.460 e. The normalized spacial score (nSPS) is 26.3. The zero-order valence-electron chi connectivity index (χ0n) is 32.0. The molecule has 1 aliphatic rings. The molecule has 7 N–H and O–H groups in total. The van der Waals surface area contributed by atoms with Crippen LogP contribution in [0.2, 0.25) is 0 Å². The van der Waals surface area contributed by atoms with Crippen molar-refractivity contribution < 1.29 is 43.7 Å². The van der Waals surface area contributed by atoms with Gasteiger partial charge in [-0.3, -0.25) is 24.0 Å². The summed E-state index contributed by atoms with van der Waals surface area (Å²) in [6.45, 7) is 13.6. The van der Waals surface area contributed by atoms with Crippen LogP contribution < -0.4 is 26.6 Å². The molecule has 1 heterocycles. The molecule has 14 nitrogen and oxygen atoms in total. The lowest BCUT2D eigenvalue weighted by molar-refractivity contribution is -0.156. The Balaban J connectivity index is 3.64. The summed E-state index contributed by atoms with van der Waals surface area (Å²) >= 11 is 0. The van der Waals surface area contributed by atoms with Crippen LogP contribution in [0, 0.1) is 17.8 Å². The summed E-state index contributed by atoms with van der Waals surface area (Å²) < 4.78 is 5.92. The molecule has 0 aliphatic carbocycles. The number of cyclic esters (lactones) is 1. The molecule has 51 heavy (non-hydrogen) atoms. The minimum Gasteiger partial charge on any atom is -0.460 e.